The van der Waals surface area contributed by atoms with Crippen molar-refractivity contribution in [3.8, 4) is 0 Å². The molecule has 4 nitrogen and oxygen atoms in total. The van der Waals surface area contributed by atoms with Crippen LogP contribution in [0.1, 0.15) is 13.8 Å². The lowest BCUT2D eigenvalue weighted by Crippen LogP contribution is -2.52. The summed E-state index contributed by atoms with van der Waals surface area (Å²) >= 11 is 1.34. The van der Waals surface area contributed by atoms with Crippen molar-refractivity contribution in [3.05, 3.63) is 24.0 Å². The topological polar surface area (TPSA) is 41.6 Å². The smallest absolute Gasteiger partial charge is 0.322 e. The van der Waals surface area contributed by atoms with Gasteiger partial charge < -0.3 is 15.0 Å². The van der Waals surface area contributed by atoms with Crippen molar-refractivity contribution in [1.29, 1.82) is 0 Å². The Balaban J connectivity index is 2.05. The Labute approximate surface area is 122 Å². The second-order valence-corrected chi connectivity index (χ2v) is 5.64. The highest BCUT2D eigenvalue weighted by molar-refractivity contribution is 7.98. The lowest BCUT2D eigenvalue weighted by molar-refractivity contribution is -0.0355. The molecule has 0 bridgehead atoms. The summed E-state index contributed by atoms with van der Waals surface area (Å²) in [6.07, 6.45) is 1.82. The normalized spacial score (nSPS) is 22.7. The van der Waals surface area contributed by atoms with Gasteiger partial charge in [0, 0.05) is 17.1 Å². The van der Waals surface area contributed by atoms with Crippen molar-refractivity contribution < 1.29 is 13.9 Å². The summed E-state index contributed by atoms with van der Waals surface area (Å²) in [4.78, 5) is 14.5. The van der Waals surface area contributed by atoms with Crippen LogP contribution >= 0.6 is 11.8 Å². The number of urea groups is 1. The van der Waals surface area contributed by atoms with Crippen molar-refractivity contribution in [2.45, 2.75) is 30.9 Å². The first-order valence-electron chi connectivity index (χ1n) is 6.55. The predicted molar refractivity (Wildman–Crippen MR) is 78.8 cm³/mol. The highest BCUT2D eigenvalue weighted by atomic mass is 32.2. The molecule has 110 valence electrons. The van der Waals surface area contributed by atoms with Gasteiger partial charge in [0.2, 0.25) is 0 Å². The van der Waals surface area contributed by atoms with Crippen LogP contribution in [-0.2, 0) is 4.74 Å². The Bertz CT molecular complexity index is 498. The Morgan fingerprint density at radius 1 is 1.50 bits per heavy atom. The van der Waals surface area contributed by atoms with Crippen LogP contribution in [0.5, 0.6) is 0 Å². The number of nitrogens with one attached hydrogen (secondary N) is 1. The fourth-order valence-corrected chi connectivity index (χ4v) is 2.62. The van der Waals surface area contributed by atoms with Crippen molar-refractivity contribution in [1.82, 2.24) is 4.90 Å². The zero-order chi connectivity index (χ0) is 14.7. The van der Waals surface area contributed by atoms with Gasteiger partial charge in [0.25, 0.3) is 0 Å². The zero-order valence-corrected chi connectivity index (χ0v) is 12.7. The predicted octanol–water partition coefficient (Wildman–Crippen LogP) is 3.19. The molecule has 1 aliphatic heterocycles. The first-order valence-corrected chi connectivity index (χ1v) is 7.78. The maximum absolute atomic E-state index is 13.7. The molecule has 2 atom stereocenters. The molecule has 2 unspecified atom stereocenters. The number of carbonyl (C=O) groups excluding carboxylic acids is 1. The molecule has 1 aromatic carbocycles. The number of halogens is 1. The average molecular weight is 298 g/mol. The number of benzene rings is 1. The molecule has 1 heterocycles. The average Bonchev–Trinajstić information content (AvgIpc) is 2.42. The minimum Gasteiger partial charge on any atom is -0.375 e. The highest BCUT2D eigenvalue weighted by Crippen LogP contribution is 2.23. The number of ether oxygens (including phenoxy) is 1. The molecule has 1 fully saturated rings. The number of anilines is 1. The van der Waals surface area contributed by atoms with Crippen LogP contribution in [0.15, 0.2) is 23.1 Å². The van der Waals surface area contributed by atoms with E-state index in [4.69, 9.17) is 4.74 Å². The largest absolute Gasteiger partial charge is 0.375 e. The minimum absolute atomic E-state index is 0.000863. The Hall–Kier alpha value is -1.27. The van der Waals surface area contributed by atoms with Gasteiger partial charge in [0.15, 0.2) is 0 Å². The van der Waals surface area contributed by atoms with E-state index in [0.29, 0.717) is 23.7 Å². The molecule has 6 heteroatoms. The molecular weight excluding hydrogens is 279 g/mol. The molecule has 20 heavy (non-hydrogen) atoms. The van der Waals surface area contributed by atoms with E-state index >= 15 is 0 Å². The van der Waals surface area contributed by atoms with Crippen LogP contribution in [0.3, 0.4) is 0 Å². The van der Waals surface area contributed by atoms with Gasteiger partial charge in [-0.1, -0.05) is 0 Å². The summed E-state index contributed by atoms with van der Waals surface area (Å²) in [6.45, 7) is 4.96. The number of morpholine rings is 1. The molecule has 2 amide bonds. The van der Waals surface area contributed by atoms with Crippen LogP contribution in [0.4, 0.5) is 14.9 Å². The van der Waals surface area contributed by atoms with E-state index in [1.807, 2.05) is 20.1 Å². The standard InChI is InChI=1S/C14H19FN2O2S/c1-9-10(2)19-7-6-17(9)14(18)16-11-4-5-13(20-3)12(15)8-11/h4-5,8-10H,6-7H2,1-3H3,(H,16,18). The van der Waals surface area contributed by atoms with Crippen LogP contribution < -0.4 is 5.32 Å². The van der Waals surface area contributed by atoms with E-state index in [1.54, 1.807) is 17.0 Å². The number of hydrogen-bond acceptors (Lipinski definition) is 3. The minimum atomic E-state index is -0.321. The van der Waals surface area contributed by atoms with Gasteiger partial charge in [-0.05, 0) is 38.3 Å². The quantitative estimate of drug-likeness (QED) is 0.853. The maximum Gasteiger partial charge on any atom is 0.322 e. The number of thioether (sulfide) groups is 1. The molecule has 0 spiro atoms. The maximum atomic E-state index is 13.7. The summed E-state index contributed by atoms with van der Waals surface area (Å²) in [6, 6.07) is 4.50. The third-order valence-corrected chi connectivity index (χ3v) is 4.32. The van der Waals surface area contributed by atoms with E-state index in [2.05, 4.69) is 5.32 Å². The van der Waals surface area contributed by atoms with Crippen molar-refractivity contribution in [2.24, 2.45) is 0 Å². The summed E-state index contributed by atoms with van der Waals surface area (Å²) < 4.78 is 19.2. The Kier molecular flexibility index (Phi) is 4.88. The van der Waals surface area contributed by atoms with Gasteiger partial charge in [-0.15, -0.1) is 11.8 Å². The number of hydrogen-bond donors (Lipinski definition) is 1. The Morgan fingerprint density at radius 3 is 2.90 bits per heavy atom. The number of amides is 2. The molecule has 1 aliphatic rings. The van der Waals surface area contributed by atoms with E-state index in [0.717, 1.165) is 0 Å². The molecule has 2 rings (SSSR count). The molecule has 1 aromatic rings. The summed E-state index contributed by atoms with van der Waals surface area (Å²) in [5.41, 5.74) is 0.469. The third-order valence-electron chi connectivity index (χ3n) is 3.55. The summed E-state index contributed by atoms with van der Waals surface area (Å²) in [5.74, 6) is -0.321. The molecule has 0 aromatic heterocycles. The van der Waals surface area contributed by atoms with Crippen LogP contribution in [0, 0.1) is 5.82 Å². The number of carbonyl (C=O) groups is 1. The third kappa shape index (κ3) is 3.24. The van der Waals surface area contributed by atoms with Crippen LogP contribution in [0.2, 0.25) is 0 Å². The van der Waals surface area contributed by atoms with E-state index in [1.165, 1.54) is 17.8 Å². The van der Waals surface area contributed by atoms with Gasteiger partial charge in [0.1, 0.15) is 5.82 Å². The first-order chi connectivity index (χ1) is 9.52. The highest BCUT2D eigenvalue weighted by Gasteiger charge is 2.29. The molecule has 0 saturated carbocycles. The summed E-state index contributed by atoms with van der Waals surface area (Å²) in [5, 5.41) is 2.74. The lowest BCUT2D eigenvalue weighted by Gasteiger charge is -2.37. The second-order valence-electron chi connectivity index (χ2n) is 4.79. The fraction of sp³-hybridized carbons (Fsp3) is 0.500. The van der Waals surface area contributed by atoms with Crippen LogP contribution in [-0.4, -0.2) is 42.5 Å². The number of rotatable bonds is 2. The summed E-state index contributed by atoms with van der Waals surface area (Å²) in [7, 11) is 0. The number of nitrogens with zero attached hydrogens (tertiary/aromatic N) is 1. The van der Waals surface area contributed by atoms with E-state index < -0.39 is 0 Å². The molecule has 1 N–H and O–H groups in total. The first kappa shape index (κ1) is 15.1. The fourth-order valence-electron chi connectivity index (χ4n) is 2.16. The van der Waals surface area contributed by atoms with Crippen molar-refractivity contribution in [3.63, 3.8) is 0 Å². The second kappa shape index (κ2) is 6.45. The van der Waals surface area contributed by atoms with Gasteiger partial charge in [-0.2, -0.15) is 0 Å². The Morgan fingerprint density at radius 2 is 2.25 bits per heavy atom. The van der Waals surface area contributed by atoms with E-state index in [-0.39, 0.29) is 24.0 Å². The van der Waals surface area contributed by atoms with Gasteiger partial charge >= 0.3 is 6.03 Å². The van der Waals surface area contributed by atoms with Gasteiger partial charge in [-0.25, -0.2) is 9.18 Å². The van der Waals surface area contributed by atoms with Gasteiger partial charge in [0.05, 0.1) is 18.8 Å². The lowest BCUT2D eigenvalue weighted by atomic mass is 10.1. The SMILES string of the molecule is CSc1ccc(NC(=O)N2CCOC(C)C2C)cc1F. The van der Waals surface area contributed by atoms with Gasteiger partial charge in [-0.3, -0.25) is 0 Å². The van der Waals surface area contributed by atoms with Crippen molar-refractivity contribution in [2.75, 3.05) is 24.7 Å². The van der Waals surface area contributed by atoms with Crippen molar-refractivity contribution >= 4 is 23.5 Å². The monoisotopic (exact) mass is 298 g/mol. The molecule has 1 saturated heterocycles. The van der Waals surface area contributed by atoms with Crippen LogP contribution in [0.25, 0.3) is 0 Å². The zero-order valence-electron chi connectivity index (χ0n) is 11.9. The van der Waals surface area contributed by atoms with E-state index in [9.17, 15) is 9.18 Å². The molecule has 0 aliphatic carbocycles. The molecule has 0 radical (unpaired) electrons. The molecular formula is C14H19FN2O2S.